The van der Waals surface area contributed by atoms with E-state index < -0.39 is 34.1 Å². The third kappa shape index (κ3) is 2.86. The van der Waals surface area contributed by atoms with Crippen LogP contribution in [0.3, 0.4) is 0 Å². The zero-order valence-electron chi connectivity index (χ0n) is 9.81. The number of hydrogen-bond donors (Lipinski definition) is 1. The van der Waals surface area contributed by atoms with E-state index in [1.807, 2.05) is 0 Å². The second-order valence-corrected chi connectivity index (χ2v) is 4.63. The fourth-order valence-corrected chi connectivity index (χ4v) is 2.19. The van der Waals surface area contributed by atoms with Crippen molar-refractivity contribution in [1.29, 1.82) is 0 Å². The summed E-state index contributed by atoms with van der Waals surface area (Å²) in [5, 5.41) is 19.5. The molecule has 1 atom stereocenters. The highest BCUT2D eigenvalue weighted by molar-refractivity contribution is 5.68. The Morgan fingerprint density at radius 3 is 2.58 bits per heavy atom. The van der Waals surface area contributed by atoms with Gasteiger partial charge in [-0.25, -0.2) is 4.39 Å². The number of aliphatic carboxylic acids is 1. The molecule has 1 saturated carbocycles. The Morgan fingerprint density at radius 2 is 2.11 bits per heavy atom. The molecule has 102 valence electrons. The van der Waals surface area contributed by atoms with Crippen molar-refractivity contribution in [2.75, 3.05) is 0 Å². The molecular weight excluding hydrogens is 260 g/mol. The summed E-state index contributed by atoms with van der Waals surface area (Å²) < 4.78 is 26.6. The Hall–Kier alpha value is -2.05. The molecule has 1 aromatic rings. The van der Waals surface area contributed by atoms with E-state index >= 15 is 0 Å². The van der Waals surface area contributed by atoms with Gasteiger partial charge in [-0.3, -0.25) is 14.9 Å². The molecule has 1 aliphatic rings. The van der Waals surface area contributed by atoms with Crippen LogP contribution in [0.5, 0.6) is 0 Å². The maximum atomic E-state index is 13.4. The fourth-order valence-electron chi connectivity index (χ4n) is 2.19. The minimum absolute atomic E-state index is 0.0700. The summed E-state index contributed by atoms with van der Waals surface area (Å²) in [5.74, 6) is -4.34. The third-order valence-corrected chi connectivity index (χ3v) is 3.24. The summed E-state index contributed by atoms with van der Waals surface area (Å²) in [6.45, 7) is 0. The molecule has 0 heterocycles. The van der Waals surface area contributed by atoms with Gasteiger partial charge in [-0.1, -0.05) is 0 Å². The number of rotatable bonds is 5. The summed E-state index contributed by atoms with van der Waals surface area (Å²) in [6.07, 6.45) is 1.35. The van der Waals surface area contributed by atoms with E-state index in [2.05, 4.69) is 0 Å². The van der Waals surface area contributed by atoms with Crippen LogP contribution in [0.4, 0.5) is 14.5 Å². The summed E-state index contributed by atoms with van der Waals surface area (Å²) >= 11 is 0. The van der Waals surface area contributed by atoms with Gasteiger partial charge >= 0.3 is 11.7 Å². The van der Waals surface area contributed by atoms with Crippen molar-refractivity contribution < 1.29 is 23.6 Å². The normalized spacial score (nSPS) is 16.1. The number of nitro groups is 1. The van der Waals surface area contributed by atoms with Gasteiger partial charge in [0.25, 0.3) is 0 Å². The van der Waals surface area contributed by atoms with E-state index in [1.165, 1.54) is 0 Å². The highest BCUT2D eigenvalue weighted by atomic mass is 19.2. The highest BCUT2D eigenvalue weighted by Gasteiger charge is 2.35. The molecule has 0 amide bonds. The molecule has 7 heteroatoms. The van der Waals surface area contributed by atoms with Gasteiger partial charge in [0.2, 0.25) is 5.82 Å². The van der Waals surface area contributed by atoms with Gasteiger partial charge in [-0.15, -0.1) is 0 Å². The minimum atomic E-state index is -1.52. The van der Waals surface area contributed by atoms with E-state index in [0.717, 1.165) is 25.0 Å². The third-order valence-electron chi connectivity index (χ3n) is 3.24. The molecule has 19 heavy (non-hydrogen) atoms. The van der Waals surface area contributed by atoms with Crippen LogP contribution >= 0.6 is 0 Å². The molecule has 0 saturated heterocycles. The van der Waals surface area contributed by atoms with Crippen LogP contribution in [-0.2, 0) is 4.79 Å². The maximum absolute atomic E-state index is 13.4. The van der Waals surface area contributed by atoms with Gasteiger partial charge in [-0.05, 0) is 36.3 Å². The second-order valence-electron chi connectivity index (χ2n) is 4.63. The summed E-state index contributed by atoms with van der Waals surface area (Å²) in [4.78, 5) is 20.4. The maximum Gasteiger partial charge on any atom is 0.308 e. The SMILES string of the molecule is O=C(O)CC(c1cc(F)c(F)c([N+](=O)[O-])c1)C1CC1. The first kappa shape index (κ1) is 13.4. The van der Waals surface area contributed by atoms with Crippen molar-refractivity contribution in [2.45, 2.75) is 25.2 Å². The topological polar surface area (TPSA) is 80.4 Å². The van der Waals surface area contributed by atoms with Crippen molar-refractivity contribution in [1.82, 2.24) is 0 Å². The number of benzene rings is 1. The van der Waals surface area contributed by atoms with Crippen LogP contribution in [0, 0.1) is 27.7 Å². The molecule has 2 rings (SSSR count). The zero-order valence-corrected chi connectivity index (χ0v) is 9.81. The quantitative estimate of drug-likeness (QED) is 0.659. The number of carbonyl (C=O) groups is 1. The van der Waals surface area contributed by atoms with Crippen LogP contribution < -0.4 is 0 Å². The minimum Gasteiger partial charge on any atom is -0.481 e. The molecule has 0 aliphatic heterocycles. The largest absolute Gasteiger partial charge is 0.481 e. The molecule has 0 aromatic heterocycles. The molecule has 0 spiro atoms. The van der Waals surface area contributed by atoms with E-state index in [0.29, 0.717) is 0 Å². The highest BCUT2D eigenvalue weighted by Crippen LogP contribution is 2.45. The predicted octanol–water partition coefficient (Wildman–Crippen LogP) is 2.84. The van der Waals surface area contributed by atoms with E-state index in [-0.39, 0.29) is 17.9 Å². The van der Waals surface area contributed by atoms with Gasteiger partial charge in [0, 0.05) is 6.07 Å². The van der Waals surface area contributed by atoms with Crippen molar-refractivity contribution >= 4 is 11.7 Å². The predicted molar refractivity (Wildman–Crippen MR) is 60.7 cm³/mol. The molecule has 0 radical (unpaired) electrons. The van der Waals surface area contributed by atoms with E-state index in [4.69, 9.17) is 5.11 Å². The number of carboxylic acid groups (broad SMARTS) is 1. The number of carboxylic acids is 1. The number of nitro benzene ring substituents is 1. The molecule has 1 aromatic carbocycles. The Balaban J connectivity index is 2.42. The average molecular weight is 271 g/mol. The first-order chi connectivity index (χ1) is 8.90. The number of nitrogens with zero attached hydrogens (tertiary/aromatic N) is 1. The Morgan fingerprint density at radius 1 is 1.47 bits per heavy atom. The van der Waals surface area contributed by atoms with Crippen molar-refractivity contribution in [3.63, 3.8) is 0 Å². The lowest BCUT2D eigenvalue weighted by Gasteiger charge is -2.14. The standard InChI is InChI=1S/C12H11F2NO4/c13-9-3-7(4-10(12(9)14)15(18)19)8(5-11(16)17)6-1-2-6/h3-4,6,8H,1-2,5H2,(H,16,17). The monoisotopic (exact) mass is 271 g/mol. The molecule has 0 bridgehead atoms. The molecule has 1 N–H and O–H groups in total. The first-order valence-corrected chi connectivity index (χ1v) is 5.75. The molecule has 1 unspecified atom stereocenters. The van der Waals surface area contributed by atoms with Gasteiger partial charge < -0.3 is 5.11 Å². The van der Waals surface area contributed by atoms with Crippen LogP contribution in [0.15, 0.2) is 12.1 Å². The van der Waals surface area contributed by atoms with Crippen LogP contribution in [0.1, 0.15) is 30.7 Å². The Kier molecular flexibility index (Phi) is 3.46. The molecule has 5 nitrogen and oxygen atoms in total. The van der Waals surface area contributed by atoms with Gasteiger partial charge in [-0.2, -0.15) is 4.39 Å². The van der Waals surface area contributed by atoms with Crippen molar-refractivity contribution in [2.24, 2.45) is 5.92 Å². The summed E-state index contributed by atoms with van der Waals surface area (Å²) in [6, 6.07) is 1.79. The molecule has 1 aliphatic carbocycles. The van der Waals surface area contributed by atoms with Crippen LogP contribution in [0.25, 0.3) is 0 Å². The molecular formula is C12H11F2NO4. The van der Waals surface area contributed by atoms with Crippen LogP contribution in [-0.4, -0.2) is 16.0 Å². The van der Waals surface area contributed by atoms with Gasteiger partial charge in [0.05, 0.1) is 11.3 Å². The lowest BCUT2D eigenvalue weighted by atomic mass is 9.90. The number of hydrogen-bond acceptors (Lipinski definition) is 3. The van der Waals surface area contributed by atoms with Gasteiger partial charge in [0.1, 0.15) is 0 Å². The van der Waals surface area contributed by atoms with E-state index in [1.54, 1.807) is 0 Å². The summed E-state index contributed by atoms with van der Waals surface area (Å²) in [7, 11) is 0. The summed E-state index contributed by atoms with van der Waals surface area (Å²) in [5.41, 5.74) is -0.776. The van der Waals surface area contributed by atoms with E-state index in [9.17, 15) is 23.7 Å². The first-order valence-electron chi connectivity index (χ1n) is 5.75. The zero-order chi connectivity index (χ0) is 14.2. The lowest BCUT2D eigenvalue weighted by Crippen LogP contribution is -2.10. The van der Waals surface area contributed by atoms with Gasteiger partial charge in [0.15, 0.2) is 5.82 Å². The Bertz CT molecular complexity index is 543. The van der Waals surface area contributed by atoms with Crippen molar-refractivity contribution in [3.8, 4) is 0 Å². The Labute approximate surface area is 107 Å². The fraction of sp³-hybridized carbons (Fsp3) is 0.417. The smallest absolute Gasteiger partial charge is 0.308 e. The molecule has 1 fully saturated rings. The second kappa shape index (κ2) is 4.91. The lowest BCUT2D eigenvalue weighted by molar-refractivity contribution is -0.387. The average Bonchev–Trinajstić information content (AvgIpc) is 3.13. The van der Waals surface area contributed by atoms with Crippen LogP contribution in [0.2, 0.25) is 0 Å². The number of halogens is 2. The van der Waals surface area contributed by atoms with Crippen molar-refractivity contribution in [3.05, 3.63) is 39.4 Å².